The maximum atomic E-state index is 16.9. The van der Waals surface area contributed by atoms with Crippen LogP contribution in [0.25, 0.3) is 22.2 Å². The maximum Gasteiger partial charge on any atom is 0.410 e. The number of rotatable bonds is 9. The standard InChI is InChI=1S/C41H45ClF2N6O4/c1-24-19-33(49(22-27-9-13-29(52-7)14-10-27)23-28-11-15-30(53-8)16-12-28)45-36(26(24)3)34-32(42)20-31-37(35(34)43)46-39(44)47-38(31)50-18-17-48(21-25(50)2)40(51)54-41(4,5)6/h9-16,19-20,25H,17-18,21-23H2,1-8H3/t25-/m0/s1. The van der Waals surface area contributed by atoms with E-state index in [1.165, 1.54) is 0 Å². The molecule has 0 spiro atoms. The average Bonchev–Trinajstić information content (AvgIpc) is 3.13. The van der Waals surface area contributed by atoms with Crippen LogP contribution in [0, 0.1) is 25.7 Å². The molecule has 3 aromatic carbocycles. The Bertz CT molecular complexity index is 2110. The van der Waals surface area contributed by atoms with Gasteiger partial charge in [-0.2, -0.15) is 14.4 Å². The summed E-state index contributed by atoms with van der Waals surface area (Å²) < 4.78 is 48.5. The zero-order valence-electron chi connectivity index (χ0n) is 31.8. The highest BCUT2D eigenvalue weighted by molar-refractivity contribution is 6.34. The normalized spacial score (nSPS) is 14.7. The highest BCUT2D eigenvalue weighted by Crippen LogP contribution is 2.40. The van der Waals surface area contributed by atoms with Crippen molar-refractivity contribution in [1.29, 1.82) is 0 Å². The number of anilines is 2. The molecule has 5 aromatic rings. The number of methoxy groups -OCH3 is 2. The van der Waals surface area contributed by atoms with E-state index in [2.05, 4.69) is 14.9 Å². The number of piperazine rings is 1. The zero-order chi connectivity index (χ0) is 38.9. The molecule has 1 aliphatic heterocycles. The van der Waals surface area contributed by atoms with Gasteiger partial charge in [0.25, 0.3) is 0 Å². The summed E-state index contributed by atoms with van der Waals surface area (Å²) in [5.74, 6) is 1.48. The van der Waals surface area contributed by atoms with E-state index in [9.17, 15) is 4.79 Å². The van der Waals surface area contributed by atoms with E-state index in [-0.39, 0.29) is 33.3 Å². The molecule has 0 N–H and O–H groups in total. The second-order valence-corrected chi connectivity index (χ2v) is 15.0. The van der Waals surface area contributed by atoms with Gasteiger partial charge >= 0.3 is 12.2 Å². The van der Waals surface area contributed by atoms with Gasteiger partial charge in [-0.3, -0.25) is 0 Å². The van der Waals surface area contributed by atoms with Gasteiger partial charge in [0.1, 0.15) is 34.3 Å². The molecule has 0 aliphatic carbocycles. The van der Waals surface area contributed by atoms with E-state index in [1.807, 2.05) is 101 Å². The Labute approximate surface area is 319 Å². The molecule has 0 unspecified atom stereocenters. The van der Waals surface area contributed by atoms with Crippen molar-refractivity contribution in [3.63, 3.8) is 0 Å². The van der Waals surface area contributed by atoms with Crippen LogP contribution in [-0.2, 0) is 17.8 Å². The predicted molar refractivity (Wildman–Crippen MR) is 208 cm³/mol. The molecule has 0 radical (unpaired) electrons. The van der Waals surface area contributed by atoms with Crippen LogP contribution in [0.4, 0.5) is 25.2 Å². The average molecular weight is 759 g/mol. The first kappa shape index (κ1) is 38.5. The van der Waals surface area contributed by atoms with Crippen molar-refractivity contribution in [3.05, 3.63) is 99.8 Å². The number of fused-ring (bicyclic) bond motifs is 1. The number of amides is 1. The first-order valence-corrected chi connectivity index (χ1v) is 18.1. The highest BCUT2D eigenvalue weighted by atomic mass is 35.5. The number of benzene rings is 3. The topological polar surface area (TPSA) is 93.2 Å². The minimum atomic E-state index is -1.08. The molecular weight excluding hydrogens is 714 g/mol. The fraction of sp³-hybridized carbons (Fsp3) is 0.366. The van der Waals surface area contributed by atoms with E-state index in [0.717, 1.165) is 33.8 Å². The number of carbonyl (C=O) groups is 1. The largest absolute Gasteiger partial charge is 0.497 e. The fourth-order valence-corrected chi connectivity index (χ4v) is 6.88. The van der Waals surface area contributed by atoms with E-state index < -0.39 is 23.6 Å². The summed E-state index contributed by atoms with van der Waals surface area (Å²) in [5.41, 5.74) is 3.10. The van der Waals surface area contributed by atoms with E-state index >= 15 is 8.78 Å². The molecule has 0 bridgehead atoms. The molecular formula is C41H45ClF2N6O4. The Morgan fingerprint density at radius 1 is 0.907 bits per heavy atom. The molecule has 13 heteroatoms. The quantitative estimate of drug-likeness (QED) is 0.137. The summed E-state index contributed by atoms with van der Waals surface area (Å²) in [5, 5.41) is 0.340. The third kappa shape index (κ3) is 8.28. The van der Waals surface area contributed by atoms with Crippen molar-refractivity contribution in [3.8, 4) is 22.8 Å². The summed E-state index contributed by atoms with van der Waals surface area (Å²) in [6, 6.07) is 18.8. The summed E-state index contributed by atoms with van der Waals surface area (Å²) in [6.45, 7) is 13.0. The van der Waals surface area contributed by atoms with E-state index in [1.54, 1.807) is 25.2 Å². The third-order valence-electron chi connectivity index (χ3n) is 9.53. The summed E-state index contributed by atoms with van der Waals surface area (Å²) in [6.07, 6.45) is -1.51. The van der Waals surface area contributed by atoms with Crippen LogP contribution in [0.1, 0.15) is 49.9 Å². The molecule has 3 heterocycles. The lowest BCUT2D eigenvalue weighted by Gasteiger charge is -2.41. The number of ether oxygens (including phenoxy) is 3. The zero-order valence-corrected chi connectivity index (χ0v) is 32.6. The number of carbonyl (C=O) groups excluding carboxylic acids is 1. The van der Waals surface area contributed by atoms with Crippen molar-refractivity contribution in [2.75, 3.05) is 43.7 Å². The van der Waals surface area contributed by atoms with Gasteiger partial charge in [-0.05, 0) is 100 Å². The molecule has 1 saturated heterocycles. The van der Waals surface area contributed by atoms with Gasteiger partial charge < -0.3 is 28.9 Å². The van der Waals surface area contributed by atoms with Crippen molar-refractivity contribution in [1.82, 2.24) is 19.9 Å². The molecule has 0 saturated carbocycles. The number of halogens is 3. The number of nitrogens with zero attached hydrogens (tertiary/aromatic N) is 6. The second-order valence-electron chi connectivity index (χ2n) is 14.6. The smallest absolute Gasteiger partial charge is 0.410 e. The van der Waals surface area contributed by atoms with Gasteiger partial charge in [-0.1, -0.05) is 35.9 Å². The Kier molecular flexibility index (Phi) is 11.1. The van der Waals surface area contributed by atoms with Gasteiger partial charge in [0, 0.05) is 44.2 Å². The van der Waals surface area contributed by atoms with Crippen molar-refractivity contribution in [2.45, 2.75) is 66.3 Å². The van der Waals surface area contributed by atoms with Crippen LogP contribution < -0.4 is 19.3 Å². The maximum absolute atomic E-state index is 16.9. The number of hydrogen-bond acceptors (Lipinski definition) is 9. The van der Waals surface area contributed by atoms with Gasteiger partial charge in [-0.15, -0.1) is 0 Å². The van der Waals surface area contributed by atoms with Gasteiger partial charge in [0.05, 0.1) is 30.5 Å². The number of hydrogen-bond donors (Lipinski definition) is 0. The van der Waals surface area contributed by atoms with E-state index in [4.69, 9.17) is 30.8 Å². The van der Waals surface area contributed by atoms with Crippen LogP contribution in [0.2, 0.25) is 5.02 Å². The third-order valence-corrected chi connectivity index (χ3v) is 9.83. The SMILES string of the molecule is COc1ccc(CN(Cc2ccc(OC)cc2)c2cc(C)c(C)c(-c3c(Cl)cc4c(N5CCN(C(=O)OC(C)(C)C)C[C@@H]5C)nc(F)nc4c3F)n2)cc1. The molecule has 284 valence electrons. The van der Waals surface area contributed by atoms with Crippen molar-refractivity contribution < 1.29 is 27.8 Å². The summed E-state index contributed by atoms with van der Waals surface area (Å²) in [4.78, 5) is 31.4. The molecule has 1 aliphatic rings. The Morgan fingerprint density at radius 2 is 1.50 bits per heavy atom. The van der Waals surface area contributed by atoms with Gasteiger partial charge in [-0.25, -0.2) is 14.2 Å². The number of aryl methyl sites for hydroxylation is 1. The van der Waals surface area contributed by atoms with Gasteiger partial charge in [0.2, 0.25) is 0 Å². The van der Waals surface area contributed by atoms with Crippen LogP contribution in [-0.4, -0.2) is 71.4 Å². The van der Waals surface area contributed by atoms with Crippen LogP contribution >= 0.6 is 11.6 Å². The molecule has 1 amide bonds. The number of pyridine rings is 1. The summed E-state index contributed by atoms with van der Waals surface area (Å²) >= 11 is 6.97. The lowest BCUT2D eigenvalue weighted by atomic mass is 10.00. The van der Waals surface area contributed by atoms with Gasteiger partial charge in [0.15, 0.2) is 5.82 Å². The molecule has 10 nitrogen and oxygen atoms in total. The lowest BCUT2D eigenvalue weighted by molar-refractivity contribution is 0.0218. The van der Waals surface area contributed by atoms with Crippen molar-refractivity contribution >= 4 is 40.2 Å². The molecule has 2 aromatic heterocycles. The van der Waals surface area contributed by atoms with Crippen LogP contribution in [0.15, 0.2) is 60.7 Å². The first-order valence-electron chi connectivity index (χ1n) is 17.7. The fourth-order valence-electron chi connectivity index (χ4n) is 6.60. The minimum Gasteiger partial charge on any atom is -0.497 e. The lowest BCUT2D eigenvalue weighted by Crippen LogP contribution is -2.55. The van der Waals surface area contributed by atoms with Crippen LogP contribution in [0.3, 0.4) is 0 Å². The highest BCUT2D eigenvalue weighted by Gasteiger charge is 2.33. The van der Waals surface area contributed by atoms with Crippen LogP contribution in [0.5, 0.6) is 11.5 Å². The molecule has 54 heavy (non-hydrogen) atoms. The van der Waals surface area contributed by atoms with Crippen molar-refractivity contribution in [2.24, 2.45) is 0 Å². The first-order chi connectivity index (χ1) is 25.6. The molecule has 6 rings (SSSR count). The monoisotopic (exact) mass is 758 g/mol. The molecule has 1 fully saturated rings. The molecule has 1 atom stereocenters. The van der Waals surface area contributed by atoms with E-state index in [0.29, 0.717) is 44.2 Å². The Hall–Kier alpha value is -5.23. The minimum absolute atomic E-state index is 0.0207. The predicted octanol–water partition coefficient (Wildman–Crippen LogP) is 8.91. The Balaban J connectivity index is 1.40. The second kappa shape index (κ2) is 15.6. The Morgan fingerprint density at radius 3 is 2.04 bits per heavy atom. The summed E-state index contributed by atoms with van der Waals surface area (Å²) in [7, 11) is 3.25. The number of aromatic nitrogens is 3.